The standard InChI is InChI=1S/C20H25N3O3S/c1-22-8-10-23(11-9-22)13-15-2-4-16(5-3-15)20-21-17(14-27-20)12-18(24)6-7-19(25)26/h2-5,14H,6-13H2,1H3,(H,25,26). The summed E-state index contributed by atoms with van der Waals surface area (Å²) in [6.45, 7) is 5.40. The first-order valence-electron chi connectivity index (χ1n) is 9.18. The highest BCUT2D eigenvalue weighted by atomic mass is 32.1. The van der Waals surface area contributed by atoms with Crippen LogP contribution in [0.2, 0.25) is 0 Å². The van der Waals surface area contributed by atoms with E-state index in [1.807, 2.05) is 5.38 Å². The van der Waals surface area contributed by atoms with E-state index >= 15 is 0 Å². The molecule has 1 N–H and O–H groups in total. The summed E-state index contributed by atoms with van der Waals surface area (Å²) < 4.78 is 0. The summed E-state index contributed by atoms with van der Waals surface area (Å²) in [5.74, 6) is -1.03. The summed E-state index contributed by atoms with van der Waals surface area (Å²) in [4.78, 5) is 31.7. The summed E-state index contributed by atoms with van der Waals surface area (Å²) in [6.07, 6.45) is 0.138. The van der Waals surface area contributed by atoms with Crippen molar-refractivity contribution in [2.45, 2.75) is 25.8 Å². The van der Waals surface area contributed by atoms with Crippen LogP contribution in [-0.2, 0) is 22.6 Å². The average molecular weight is 388 g/mol. The Morgan fingerprint density at radius 2 is 1.81 bits per heavy atom. The van der Waals surface area contributed by atoms with Crippen molar-refractivity contribution in [2.24, 2.45) is 0 Å². The van der Waals surface area contributed by atoms with E-state index in [-0.39, 0.29) is 25.0 Å². The van der Waals surface area contributed by atoms with Gasteiger partial charge in [0.15, 0.2) is 0 Å². The molecule has 2 heterocycles. The van der Waals surface area contributed by atoms with Crippen molar-refractivity contribution in [3.8, 4) is 10.6 Å². The van der Waals surface area contributed by atoms with E-state index in [0.717, 1.165) is 43.3 Å². The van der Waals surface area contributed by atoms with Gasteiger partial charge in [-0.3, -0.25) is 14.5 Å². The Kier molecular flexibility index (Phi) is 6.71. The van der Waals surface area contributed by atoms with Crippen LogP contribution in [0.4, 0.5) is 0 Å². The third kappa shape index (κ3) is 5.95. The number of benzene rings is 1. The maximum atomic E-state index is 11.8. The number of hydrogen-bond acceptors (Lipinski definition) is 6. The Labute approximate surface area is 163 Å². The second-order valence-corrected chi connectivity index (χ2v) is 7.89. The topological polar surface area (TPSA) is 73.7 Å². The lowest BCUT2D eigenvalue weighted by Gasteiger charge is -2.32. The molecule has 0 saturated carbocycles. The lowest BCUT2D eigenvalue weighted by Crippen LogP contribution is -2.43. The van der Waals surface area contributed by atoms with E-state index in [2.05, 4.69) is 46.1 Å². The van der Waals surface area contributed by atoms with Crippen molar-refractivity contribution in [3.05, 3.63) is 40.9 Å². The highest BCUT2D eigenvalue weighted by Gasteiger charge is 2.14. The number of carbonyl (C=O) groups excluding carboxylic acids is 1. The minimum atomic E-state index is -0.945. The minimum Gasteiger partial charge on any atom is -0.481 e. The molecule has 7 heteroatoms. The number of carbonyl (C=O) groups is 2. The van der Waals surface area contributed by atoms with Crippen LogP contribution >= 0.6 is 11.3 Å². The summed E-state index contributed by atoms with van der Waals surface area (Å²) in [5, 5.41) is 11.4. The predicted octanol–water partition coefficient (Wildman–Crippen LogP) is 2.53. The van der Waals surface area contributed by atoms with Crippen molar-refractivity contribution in [1.29, 1.82) is 0 Å². The molecule has 0 unspecified atom stereocenters. The van der Waals surface area contributed by atoms with Gasteiger partial charge in [0, 0.05) is 56.5 Å². The maximum absolute atomic E-state index is 11.8. The normalized spacial score (nSPS) is 15.7. The first-order valence-corrected chi connectivity index (χ1v) is 10.1. The first-order chi connectivity index (χ1) is 13.0. The number of aliphatic carboxylic acids is 1. The molecule has 1 saturated heterocycles. The molecule has 1 aromatic carbocycles. The van der Waals surface area contributed by atoms with Crippen LogP contribution in [0.25, 0.3) is 10.6 Å². The zero-order chi connectivity index (χ0) is 19.2. The van der Waals surface area contributed by atoms with Crippen LogP contribution in [-0.4, -0.2) is 64.9 Å². The largest absolute Gasteiger partial charge is 0.481 e. The van der Waals surface area contributed by atoms with Gasteiger partial charge in [-0.2, -0.15) is 0 Å². The van der Waals surface area contributed by atoms with Crippen LogP contribution in [0.1, 0.15) is 24.1 Å². The molecule has 1 aliphatic heterocycles. The second kappa shape index (κ2) is 9.21. The third-order valence-electron chi connectivity index (χ3n) is 4.75. The molecule has 2 aromatic rings. The number of nitrogens with zero attached hydrogens (tertiary/aromatic N) is 3. The van der Waals surface area contributed by atoms with Crippen molar-refractivity contribution in [2.75, 3.05) is 33.2 Å². The van der Waals surface area contributed by atoms with E-state index in [1.165, 1.54) is 16.9 Å². The summed E-state index contributed by atoms with van der Waals surface area (Å²) in [7, 11) is 2.16. The Morgan fingerprint density at radius 1 is 1.11 bits per heavy atom. The van der Waals surface area contributed by atoms with Gasteiger partial charge in [0.25, 0.3) is 0 Å². The Hall–Kier alpha value is -2.09. The molecule has 1 aromatic heterocycles. The molecule has 0 aliphatic carbocycles. The molecule has 27 heavy (non-hydrogen) atoms. The second-order valence-electron chi connectivity index (χ2n) is 7.03. The molecule has 1 aliphatic rings. The van der Waals surface area contributed by atoms with Gasteiger partial charge in [-0.05, 0) is 12.6 Å². The first kappa shape index (κ1) is 19.7. The molecule has 144 valence electrons. The molecule has 6 nitrogen and oxygen atoms in total. The monoisotopic (exact) mass is 387 g/mol. The maximum Gasteiger partial charge on any atom is 0.303 e. The number of Topliss-reactive ketones (excluding diaryl/α,β-unsaturated/α-hetero) is 1. The number of thiazole rings is 1. The summed E-state index contributed by atoms with van der Waals surface area (Å²) in [5.41, 5.74) is 3.06. The molecular formula is C20H25N3O3S. The van der Waals surface area contributed by atoms with Crippen molar-refractivity contribution in [1.82, 2.24) is 14.8 Å². The van der Waals surface area contributed by atoms with Crippen LogP contribution < -0.4 is 0 Å². The van der Waals surface area contributed by atoms with Gasteiger partial charge in [0.2, 0.25) is 0 Å². The number of hydrogen-bond donors (Lipinski definition) is 1. The number of carboxylic acid groups (broad SMARTS) is 1. The SMILES string of the molecule is CN1CCN(Cc2ccc(-c3nc(CC(=O)CCC(=O)O)cs3)cc2)CC1. The molecule has 0 amide bonds. The summed E-state index contributed by atoms with van der Waals surface area (Å²) >= 11 is 1.52. The summed E-state index contributed by atoms with van der Waals surface area (Å²) in [6, 6.07) is 8.46. The fourth-order valence-electron chi connectivity index (χ4n) is 3.07. The van der Waals surface area contributed by atoms with Gasteiger partial charge >= 0.3 is 5.97 Å². The van der Waals surface area contributed by atoms with Crippen LogP contribution in [0.5, 0.6) is 0 Å². The molecule has 0 bridgehead atoms. The third-order valence-corrected chi connectivity index (χ3v) is 5.69. The van der Waals surface area contributed by atoms with Crippen molar-refractivity contribution in [3.63, 3.8) is 0 Å². The fraction of sp³-hybridized carbons (Fsp3) is 0.450. The van der Waals surface area contributed by atoms with Crippen LogP contribution in [0.3, 0.4) is 0 Å². The highest BCUT2D eigenvalue weighted by molar-refractivity contribution is 7.13. The van der Waals surface area contributed by atoms with E-state index in [9.17, 15) is 9.59 Å². The van der Waals surface area contributed by atoms with Crippen molar-refractivity contribution < 1.29 is 14.7 Å². The van der Waals surface area contributed by atoms with E-state index in [1.54, 1.807) is 0 Å². The molecule has 3 rings (SSSR count). The Morgan fingerprint density at radius 3 is 2.48 bits per heavy atom. The van der Waals surface area contributed by atoms with Gasteiger partial charge in [-0.15, -0.1) is 11.3 Å². The fourth-order valence-corrected chi connectivity index (χ4v) is 3.90. The van der Waals surface area contributed by atoms with Gasteiger partial charge in [0.1, 0.15) is 10.8 Å². The molecule has 0 atom stereocenters. The molecule has 0 radical (unpaired) electrons. The Balaban J connectivity index is 1.55. The predicted molar refractivity (Wildman–Crippen MR) is 106 cm³/mol. The zero-order valence-electron chi connectivity index (χ0n) is 15.6. The number of ketones is 1. The van der Waals surface area contributed by atoms with Gasteiger partial charge in [-0.25, -0.2) is 4.98 Å². The number of piperazine rings is 1. The van der Waals surface area contributed by atoms with Crippen molar-refractivity contribution >= 4 is 23.1 Å². The lowest BCUT2D eigenvalue weighted by molar-refractivity contribution is -0.138. The van der Waals surface area contributed by atoms with Gasteiger partial charge < -0.3 is 10.0 Å². The quantitative estimate of drug-likeness (QED) is 0.750. The average Bonchev–Trinajstić information content (AvgIpc) is 3.11. The number of rotatable bonds is 8. The molecule has 0 spiro atoms. The number of likely N-dealkylation sites (N-methyl/N-ethyl adjacent to an activating group) is 1. The van der Waals surface area contributed by atoms with Crippen LogP contribution in [0, 0.1) is 0 Å². The number of carboxylic acids is 1. The van der Waals surface area contributed by atoms with E-state index < -0.39 is 5.97 Å². The van der Waals surface area contributed by atoms with Crippen LogP contribution in [0.15, 0.2) is 29.6 Å². The van der Waals surface area contributed by atoms with Gasteiger partial charge in [0.05, 0.1) is 12.1 Å². The van der Waals surface area contributed by atoms with E-state index in [0.29, 0.717) is 5.69 Å². The molecule has 1 fully saturated rings. The highest BCUT2D eigenvalue weighted by Crippen LogP contribution is 2.25. The van der Waals surface area contributed by atoms with Gasteiger partial charge in [-0.1, -0.05) is 24.3 Å². The Bertz CT molecular complexity index is 780. The van der Waals surface area contributed by atoms with E-state index in [4.69, 9.17) is 5.11 Å². The molecular weight excluding hydrogens is 362 g/mol. The smallest absolute Gasteiger partial charge is 0.303 e. The minimum absolute atomic E-state index is 0.0587. The number of aromatic nitrogens is 1. The zero-order valence-corrected chi connectivity index (χ0v) is 16.4. The lowest BCUT2D eigenvalue weighted by atomic mass is 10.1.